The highest BCUT2D eigenvalue weighted by Crippen LogP contribution is 2.24. The van der Waals surface area contributed by atoms with Crippen molar-refractivity contribution in [3.8, 4) is 5.75 Å². The standard InChI is InChI=1S/C19H19ClFN3O4/c1-28-18-5-2-13(10-17(18)21)12-22-6-8-23(9-7-22)19(25)15-11-14(24(26)27)3-4-16(15)20/h2-5,10-11H,6-9,12H2,1H3. The third-order valence-electron chi connectivity index (χ3n) is 4.67. The minimum atomic E-state index is -0.557. The van der Waals surface area contributed by atoms with E-state index in [1.54, 1.807) is 11.0 Å². The lowest BCUT2D eigenvalue weighted by atomic mass is 10.1. The summed E-state index contributed by atoms with van der Waals surface area (Å²) < 4.78 is 18.8. The Bertz CT molecular complexity index is 901. The lowest BCUT2D eigenvalue weighted by Crippen LogP contribution is -2.48. The number of methoxy groups -OCH3 is 1. The van der Waals surface area contributed by atoms with Crippen LogP contribution in [0.2, 0.25) is 5.02 Å². The van der Waals surface area contributed by atoms with Crippen molar-refractivity contribution in [2.75, 3.05) is 33.3 Å². The molecule has 0 unspecified atom stereocenters. The maximum atomic E-state index is 13.8. The summed E-state index contributed by atoms with van der Waals surface area (Å²) in [6.07, 6.45) is 0. The molecule has 2 aromatic carbocycles. The Kier molecular flexibility index (Phi) is 6.11. The summed E-state index contributed by atoms with van der Waals surface area (Å²) in [6, 6.07) is 8.68. The van der Waals surface area contributed by atoms with E-state index in [0.717, 1.165) is 5.56 Å². The minimum absolute atomic E-state index is 0.126. The van der Waals surface area contributed by atoms with E-state index in [4.69, 9.17) is 16.3 Å². The Morgan fingerprint density at radius 1 is 1.21 bits per heavy atom. The van der Waals surface area contributed by atoms with Gasteiger partial charge in [-0.15, -0.1) is 0 Å². The Balaban J connectivity index is 1.62. The summed E-state index contributed by atoms with van der Waals surface area (Å²) in [4.78, 5) is 26.8. The molecule has 3 rings (SSSR count). The first kappa shape index (κ1) is 20.0. The fraction of sp³-hybridized carbons (Fsp3) is 0.316. The normalized spacial score (nSPS) is 14.8. The van der Waals surface area contributed by atoms with Gasteiger partial charge in [0.15, 0.2) is 11.6 Å². The molecule has 0 N–H and O–H groups in total. The van der Waals surface area contributed by atoms with E-state index in [1.807, 2.05) is 6.07 Å². The molecule has 1 fully saturated rings. The second-order valence-corrected chi connectivity index (χ2v) is 6.87. The Hall–Kier alpha value is -2.71. The molecule has 28 heavy (non-hydrogen) atoms. The number of hydrogen-bond donors (Lipinski definition) is 0. The van der Waals surface area contributed by atoms with Crippen LogP contribution in [-0.4, -0.2) is 53.9 Å². The maximum Gasteiger partial charge on any atom is 0.270 e. The number of amides is 1. The quantitative estimate of drug-likeness (QED) is 0.561. The lowest BCUT2D eigenvalue weighted by Gasteiger charge is -2.35. The van der Waals surface area contributed by atoms with E-state index in [0.29, 0.717) is 32.7 Å². The molecule has 0 atom stereocenters. The average molecular weight is 408 g/mol. The Labute approximate surface area is 166 Å². The van der Waals surface area contributed by atoms with Gasteiger partial charge in [0.25, 0.3) is 11.6 Å². The molecule has 1 heterocycles. The smallest absolute Gasteiger partial charge is 0.270 e. The number of carbonyl (C=O) groups excluding carboxylic acids is 1. The SMILES string of the molecule is COc1ccc(CN2CCN(C(=O)c3cc([N+](=O)[O-])ccc3Cl)CC2)cc1F. The van der Waals surface area contributed by atoms with Crippen molar-refractivity contribution in [3.63, 3.8) is 0 Å². The van der Waals surface area contributed by atoms with E-state index in [9.17, 15) is 19.3 Å². The molecule has 0 bridgehead atoms. The first-order valence-electron chi connectivity index (χ1n) is 8.67. The number of non-ortho nitro benzene ring substituents is 1. The molecule has 1 amide bonds. The highest BCUT2D eigenvalue weighted by Gasteiger charge is 2.25. The van der Waals surface area contributed by atoms with Crippen molar-refractivity contribution in [3.05, 3.63) is 68.5 Å². The number of ether oxygens (including phenoxy) is 1. The average Bonchev–Trinajstić information content (AvgIpc) is 2.68. The largest absolute Gasteiger partial charge is 0.494 e. The van der Waals surface area contributed by atoms with Crippen molar-refractivity contribution >= 4 is 23.2 Å². The number of nitro groups is 1. The van der Waals surface area contributed by atoms with Crippen molar-refractivity contribution in [2.24, 2.45) is 0 Å². The van der Waals surface area contributed by atoms with Crippen LogP contribution >= 0.6 is 11.6 Å². The van der Waals surface area contributed by atoms with Gasteiger partial charge in [0, 0.05) is 44.9 Å². The molecule has 7 nitrogen and oxygen atoms in total. The predicted molar refractivity (Wildman–Crippen MR) is 102 cm³/mol. The molecule has 148 valence electrons. The molecule has 0 saturated carbocycles. The summed E-state index contributed by atoms with van der Waals surface area (Å²) in [6.45, 7) is 2.67. The number of nitrogens with zero attached hydrogens (tertiary/aromatic N) is 3. The Morgan fingerprint density at radius 2 is 1.93 bits per heavy atom. The second kappa shape index (κ2) is 8.53. The van der Waals surface area contributed by atoms with Crippen molar-refractivity contribution < 1.29 is 18.8 Å². The summed E-state index contributed by atoms with van der Waals surface area (Å²) in [7, 11) is 1.42. The first-order chi connectivity index (χ1) is 13.4. The van der Waals surface area contributed by atoms with Gasteiger partial charge in [-0.05, 0) is 23.8 Å². The summed E-state index contributed by atoms with van der Waals surface area (Å²) in [5, 5.41) is 11.1. The zero-order valence-corrected chi connectivity index (χ0v) is 16.0. The topological polar surface area (TPSA) is 75.9 Å². The van der Waals surface area contributed by atoms with Crippen LogP contribution in [-0.2, 0) is 6.54 Å². The van der Waals surface area contributed by atoms with E-state index < -0.39 is 10.7 Å². The van der Waals surface area contributed by atoms with Crippen molar-refractivity contribution in [1.82, 2.24) is 9.80 Å². The maximum absolute atomic E-state index is 13.8. The third-order valence-corrected chi connectivity index (χ3v) is 5.00. The van der Waals surface area contributed by atoms with Crippen LogP contribution in [0.3, 0.4) is 0 Å². The van der Waals surface area contributed by atoms with Gasteiger partial charge in [-0.1, -0.05) is 17.7 Å². The van der Waals surface area contributed by atoms with Crippen LogP contribution in [0.5, 0.6) is 5.75 Å². The summed E-state index contributed by atoms with van der Waals surface area (Å²) in [5.74, 6) is -0.536. The van der Waals surface area contributed by atoms with Gasteiger partial charge in [-0.3, -0.25) is 19.8 Å². The van der Waals surface area contributed by atoms with Crippen LogP contribution in [0, 0.1) is 15.9 Å². The molecule has 9 heteroatoms. The van der Waals surface area contributed by atoms with Crippen LogP contribution < -0.4 is 4.74 Å². The second-order valence-electron chi connectivity index (χ2n) is 6.46. The third kappa shape index (κ3) is 4.40. The number of hydrogen-bond acceptors (Lipinski definition) is 5. The van der Waals surface area contributed by atoms with Gasteiger partial charge in [0.1, 0.15) is 0 Å². The molecule has 2 aromatic rings. The molecule has 1 aliphatic heterocycles. The van der Waals surface area contributed by atoms with Gasteiger partial charge in [-0.2, -0.15) is 0 Å². The lowest BCUT2D eigenvalue weighted by molar-refractivity contribution is -0.384. The fourth-order valence-electron chi connectivity index (χ4n) is 3.14. The molecular weight excluding hydrogens is 389 g/mol. The minimum Gasteiger partial charge on any atom is -0.494 e. The van der Waals surface area contributed by atoms with E-state index >= 15 is 0 Å². The van der Waals surface area contributed by atoms with Crippen molar-refractivity contribution in [1.29, 1.82) is 0 Å². The van der Waals surface area contributed by atoms with Gasteiger partial charge >= 0.3 is 0 Å². The molecule has 0 aliphatic carbocycles. The predicted octanol–water partition coefficient (Wildman–Crippen LogP) is 3.35. The van der Waals surface area contributed by atoms with Crippen LogP contribution in [0.25, 0.3) is 0 Å². The van der Waals surface area contributed by atoms with Crippen molar-refractivity contribution in [2.45, 2.75) is 6.54 Å². The zero-order chi connectivity index (χ0) is 20.3. The Morgan fingerprint density at radius 3 is 2.54 bits per heavy atom. The zero-order valence-electron chi connectivity index (χ0n) is 15.2. The molecular formula is C19H19ClFN3O4. The molecule has 0 aromatic heterocycles. The van der Waals surface area contributed by atoms with E-state index in [1.165, 1.54) is 31.4 Å². The number of rotatable bonds is 5. The number of piperazine rings is 1. The van der Waals surface area contributed by atoms with Gasteiger partial charge in [0.05, 0.1) is 22.6 Å². The fourth-order valence-corrected chi connectivity index (χ4v) is 3.33. The summed E-state index contributed by atoms with van der Waals surface area (Å²) in [5.41, 5.74) is 0.772. The molecule has 1 saturated heterocycles. The highest BCUT2D eigenvalue weighted by atomic mass is 35.5. The van der Waals surface area contributed by atoms with Crippen LogP contribution in [0.4, 0.5) is 10.1 Å². The van der Waals surface area contributed by atoms with Gasteiger partial charge in [-0.25, -0.2) is 4.39 Å². The summed E-state index contributed by atoms with van der Waals surface area (Å²) >= 11 is 6.06. The number of nitro benzene ring substituents is 1. The van der Waals surface area contributed by atoms with E-state index in [-0.39, 0.29) is 27.9 Å². The first-order valence-corrected chi connectivity index (χ1v) is 9.05. The molecule has 0 spiro atoms. The van der Waals surface area contributed by atoms with E-state index in [2.05, 4.69) is 4.90 Å². The molecule has 0 radical (unpaired) electrons. The monoisotopic (exact) mass is 407 g/mol. The molecule has 1 aliphatic rings. The highest BCUT2D eigenvalue weighted by molar-refractivity contribution is 6.33. The number of carbonyl (C=O) groups is 1. The van der Waals surface area contributed by atoms with Gasteiger partial charge in [0.2, 0.25) is 0 Å². The van der Waals surface area contributed by atoms with Crippen LogP contribution in [0.1, 0.15) is 15.9 Å². The number of halogens is 2. The number of benzene rings is 2. The van der Waals surface area contributed by atoms with Gasteiger partial charge < -0.3 is 9.64 Å². The van der Waals surface area contributed by atoms with Crippen LogP contribution in [0.15, 0.2) is 36.4 Å².